The van der Waals surface area contributed by atoms with Crippen molar-refractivity contribution in [2.45, 2.75) is 51.5 Å². The summed E-state index contributed by atoms with van der Waals surface area (Å²) in [6.45, 7) is 7.13. The van der Waals surface area contributed by atoms with Gasteiger partial charge in [-0.2, -0.15) is 0 Å². The van der Waals surface area contributed by atoms with Crippen molar-refractivity contribution < 1.29 is 9.53 Å². The Kier molecular flexibility index (Phi) is 4.00. The van der Waals surface area contributed by atoms with Crippen LogP contribution in [0.15, 0.2) is 30.3 Å². The lowest BCUT2D eigenvalue weighted by Gasteiger charge is -2.33. The van der Waals surface area contributed by atoms with Gasteiger partial charge >= 0.3 is 0 Å². The second-order valence-electron chi connectivity index (χ2n) is 6.38. The molecule has 1 N–H and O–H groups in total. The first-order chi connectivity index (χ1) is 10.1. The van der Waals surface area contributed by atoms with Gasteiger partial charge in [0.25, 0.3) is 0 Å². The zero-order chi connectivity index (χ0) is 15.0. The number of hydrogen-bond acceptors (Lipinski definition) is 3. The quantitative estimate of drug-likeness (QED) is 0.928. The van der Waals surface area contributed by atoms with E-state index in [1.165, 1.54) is 0 Å². The van der Waals surface area contributed by atoms with Gasteiger partial charge in [0.1, 0.15) is 6.04 Å². The lowest BCUT2D eigenvalue weighted by atomic mass is 10.0. The van der Waals surface area contributed by atoms with Crippen molar-refractivity contribution in [3.63, 3.8) is 0 Å². The number of nitrogens with one attached hydrogen (secondary N) is 1. The smallest absolute Gasteiger partial charge is 0.245 e. The zero-order valence-electron chi connectivity index (χ0n) is 13.0. The van der Waals surface area contributed by atoms with Crippen molar-refractivity contribution in [2.24, 2.45) is 5.92 Å². The Balaban J connectivity index is 1.89. The van der Waals surface area contributed by atoms with Gasteiger partial charge in [-0.05, 0) is 24.8 Å². The Bertz CT molecular complexity index is 503. The van der Waals surface area contributed by atoms with Crippen molar-refractivity contribution in [1.29, 1.82) is 0 Å². The summed E-state index contributed by atoms with van der Waals surface area (Å²) >= 11 is 0. The maximum Gasteiger partial charge on any atom is 0.245 e. The molecule has 4 heteroatoms. The predicted molar refractivity (Wildman–Crippen MR) is 81.6 cm³/mol. The molecule has 2 heterocycles. The number of carbonyl (C=O) groups is 1. The lowest BCUT2D eigenvalue weighted by Crippen LogP contribution is -2.49. The van der Waals surface area contributed by atoms with Crippen LogP contribution in [0, 0.1) is 5.92 Å². The van der Waals surface area contributed by atoms with Crippen LogP contribution in [0.3, 0.4) is 0 Å². The van der Waals surface area contributed by atoms with Crippen LogP contribution in [0.25, 0.3) is 0 Å². The molecule has 2 fully saturated rings. The van der Waals surface area contributed by atoms with Gasteiger partial charge in [-0.25, -0.2) is 0 Å². The van der Waals surface area contributed by atoms with Gasteiger partial charge in [-0.1, -0.05) is 44.2 Å². The van der Waals surface area contributed by atoms with Crippen LogP contribution in [0.5, 0.6) is 0 Å². The van der Waals surface area contributed by atoms with Crippen LogP contribution in [0.4, 0.5) is 0 Å². The van der Waals surface area contributed by atoms with E-state index in [4.69, 9.17) is 4.74 Å². The molecule has 114 valence electrons. The molecule has 0 spiro atoms. The van der Waals surface area contributed by atoms with E-state index in [1.807, 2.05) is 35.2 Å². The molecule has 1 amide bonds. The van der Waals surface area contributed by atoms with Crippen LogP contribution in [0.1, 0.15) is 38.8 Å². The highest BCUT2D eigenvalue weighted by Gasteiger charge is 2.46. The van der Waals surface area contributed by atoms with Gasteiger partial charge in [0.2, 0.25) is 5.91 Å². The van der Waals surface area contributed by atoms with Crippen LogP contribution >= 0.6 is 0 Å². The molecular formula is C17H24N2O2. The van der Waals surface area contributed by atoms with Gasteiger partial charge in [-0.3, -0.25) is 10.1 Å². The van der Waals surface area contributed by atoms with Gasteiger partial charge in [0.15, 0.2) is 0 Å². The first kappa shape index (κ1) is 14.5. The number of rotatable bonds is 3. The lowest BCUT2D eigenvalue weighted by molar-refractivity contribution is -0.134. The van der Waals surface area contributed by atoms with Gasteiger partial charge < -0.3 is 9.64 Å². The molecule has 3 rings (SSSR count). The molecule has 1 aromatic carbocycles. The fourth-order valence-electron chi connectivity index (χ4n) is 3.46. The minimum Gasteiger partial charge on any atom is -0.376 e. The highest BCUT2D eigenvalue weighted by Crippen LogP contribution is 2.33. The average Bonchev–Trinajstić information content (AvgIpc) is 3.03. The third-order valence-electron chi connectivity index (χ3n) is 4.60. The van der Waals surface area contributed by atoms with E-state index >= 15 is 0 Å². The summed E-state index contributed by atoms with van der Waals surface area (Å²) in [5, 5.41) is 3.52. The topological polar surface area (TPSA) is 41.6 Å². The SMILES string of the molecule is CC(C)C1NC(c2ccccc2)C(=O)N1C1CCOC1C. The van der Waals surface area contributed by atoms with E-state index in [0.717, 1.165) is 18.6 Å². The summed E-state index contributed by atoms with van der Waals surface area (Å²) in [7, 11) is 0. The molecule has 4 atom stereocenters. The van der Waals surface area contributed by atoms with E-state index in [2.05, 4.69) is 26.1 Å². The third-order valence-corrected chi connectivity index (χ3v) is 4.60. The van der Waals surface area contributed by atoms with Crippen molar-refractivity contribution in [1.82, 2.24) is 10.2 Å². The first-order valence-corrected chi connectivity index (χ1v) is 7.84. The average molecular weight is 288 g/mol. The number of nitrogens with zero attached hydrogens (tertiary/aromatic N) is 1. The molecule has 4 nitrogen and oxygen atoms in total. The van der Waals surface area contributed by atoms with Gasteiger partial charge in [0.05, 0.1) is 18.3 Å². The molecule has 21 heavy (non-hydrogen) atoms. The van der Waals surface area contributed by atoms with Crippen LogP contribution in [0.2, 0.25) is 0 Å². The van der Waals surface area contributed by atoms with E-state index in [1.54, 1.807) is 0 Å². The largest absolute Gasteiger partial charge is 0.376 e. The maximum absolute atomic E-state index is 13.0. The van der Waals surface area contributed by atoms with E-state index in [9.17, 15) is 4.79 Å². The second kappa shape index (κ2) is 5.78. The Morgan fingerprint density at radius 3 is 2.57 bits per heavy atom. The summed E-state index contributed by atoms with van der Waals surface area (Å²) in [5.41, 5.74) is 1.04. The summed E-state index contributed by atoms with van der Waals surface area (Å²) in [5.74, 6) is 0.553. The summed E-state index contributed by atoms with van der Waals surface area (Å²) < 4.78 is 5.67. The van der Waals surface area contributed by atoms with Gasteiger partial charge in [0, 0.05) is 6.61 Å². The fraction of sp³-hybridized carbons (Fsp3) is 0.588. The van der Waals surface area contributed by atoms with Crippen molar-refractivity contribution >= 4 is 5.91 Å². The minimum absolute atomic E-state index is 0.0804. The van der Waals surface area contributed by atoms with E-state index in [-0.39, 0.29) is 30.3 Å². The highest BCUT2D eigenvalue weighted by molar-refractivity contribution is 5.86. The van der Waals surface area contributed by atoms with Crippen LogP contribution < -0.4 is 5.32 Å². The number of ether oxygens (including phenoxy) is 1. The highest BCUT2D eigenvalue weighted by atomic mass is 16.5. The Hall–Kier alpha value is -1.39. The van der Waals surface area contributed by atoms with Crippen LogP contribution in [-0.4, -0.2) is 35.7 Å². The number of hydrogen-bond donors (Lipinski definition) is 1. The van der Waals surface area contributed by atoms with Crippen molar-refractivity contribution in [3.05, 3.63) is 35.9 Å². The van der Waals surface area contributed by atoms with E-state index < -0.39 is 0 Å². The standard InChI is InChI=1S/C17H24N2O2/c1-11(2)16-18-15(13-7-5-4-6-8-13)17(20)19(16)14-9-10-21-12(14)3/h4-8,11-12,14-16,18H,9-10H2,1-3H3. The summed E-state index contributed by atoms with van der Waals surface area (Å²) in [6.07, 6.45) is 1.13. The predicted octanol–water partition coefficient (Wildman–Crippen LogP) is 2.32. The van der Waals surface area contributed by atoms with E-state index in [0.29, 0.717) is 5.92 Å². The second-order valence-corrected chi connectivity index (χ2v) is 6.38. The first-order valence-electron chi connectivity index (χ1n) is 7.84. The third kappa shape index (κ3) is 2.58. The fourth-order valence-corrected chi connectivity index (χ4v) is 3.46. The summed E-state index contributed by atoms with van der Waals surface area (Å²) in [6, 6.07) is 9.94. The number of amides is 1. The summed E-state index contributed by atoms with van der Waals surface area (Å²) in [4.78, 5) is 15.0. The minimum atomic E-state index is -0.230. The van der Waals surface area contributed by atoms with Crippen LogP contribution in [-0.2, 0) is 9.53 Å². The molecule has 0 saturated carbocycles. The Morgan fingerprint density at radius 2 is 2.00 bits per heavy atom. The molecule has 2 saturated heterocycles. The zero-order valence-corrected chi connectivity index (χ0v) is 13.0. The molecule has 2 aliphatic rings. The maximum atomic E-state index is 13.0. The molecule has 0 bridgehead atoms. The number of carbonyl (C=O) groups excluding carboxylic acids is 1. The van der Waals surface area contributed by atoms with Crippen molar-refractivity contribution in [2.75, 3.05) is 6.61 Å². The molecule has 2 aliphatic heterocycles. The Morgan fingerprint density at radius 1 is 1.29 bits per heavy atom. The molecule has 0 aliphatic carbocycles. The molecule has 1 aromatic rings. The molecule has 0 aromatic heterocycles. The molecule has 4 unspecified atom stereocenters. The molecular weight excluding hydrogens is 264 g/mol. The monoisotopic (exact) mass is 288 g/mol. The molecule has 0 radical (unpaired) electrons. The Labute approximate surface area is 126 Å². The van der Waals surface area contributed by atoms with Gasteiger partial charge in [-0.15, -0.1) is 0 Å². The van der Waals surface area contributed by atoms with Crippen molar-refractivity contribution in [3.8, 4) is 0 Å². The normalized spacial score (nSPS) is 33.1. The number of benzene rings is 1.